The van der Waals surface area contributed by atoms with Gasteiger partial charge in [0.25, 0.3) is 0 Å². The molecule has 3 nitrogen and oxygen atoms in total. The van der Waals surface area contributed by atoms with Gasteiger partial charge in [-0.1, -0.05) is 42.0 Å². The number of benzene rings is 1. The van der Waals surface area contributed by atoms with E-state index in [2.05, 4.69) is 6.92 Å². The molecule has 1 unspecified atom stereocenters. The Hall–Kier alpha value is -0.00506. The maximum atomic E-state index is 12.8. The van der Waals surface area contributed by atoms with Gasteiger partial charge in [0.1, 0.15) is 5.75 Å². The Morgan fingerprint density at radius 3 is 1.69 bits per heavy atom. The predicted octanol–water partition coefficient (Wildman–Crippen LogP) is 5.17. The van der Waals surface area contributed by atoms with Crippen LogP contribution in [0.3, 0.4) is 0 Å². The van der Waals surface area contributed by atoms with Crippen molar-refractivity contribution >= 4 is 44.8 Å². The summed E-state index contributed by atoms with van der Waals surface area (Å²) >= 11 is 1.96. The van der Waals surface area contributed by atoms with Crippen LogP contribution in [-0.4, -0.2) is 54.4 Å². The van der Waals surface area contributed by atoms with E-state index >= 15 is 0 Å². The van der Waals surface area contributed by atoms with Crippen LogP contribution in [0.25, 0.3) is 0 Å². The highest BCUT2D eigenvalue weighted by atomic mass is 127. The second kappa shape index (κ2) is 11.1. The Labute approximate surface area is 168 Å². The van der Waals surface area contributed by atoms with Gasteiger partial charge in [-0.3, -0.25) is 4.21 Å². The lowest BCUT2D eigenvalue weighted by Gasteiger charge is -2.17. The molecule has 0 aliphatic heterocycles. The molecule has 26 heavy (non-hydrogen) atoms. The molecule has 0 aliphatic rings. The molecule has 0 amide bonds. The zero-order chi connectivity index (χ0) is 21.3. The largest absolute Gasteiger partial charge is 0.673 e. The predicted molar refractivity (Wildman–Crippen MR) is 116 cm³/mol. The minimum Gasteiger partial charge on any atom is -0.418 e. The summed E-state index contributed by atoms with van der Waals surface area (Å²) in [5, 5.41) is 0. The second-order valence-electron chi connectivity index (χ2n) is 6.57. The van der Waals surface area contributed by atoms with Gasteiger partial charge in [0, 0.05) is 35.3 Å². The van der Waals surface area contributed by atoms with Gasteiger partial charge in [-0.15, -0.1) is 4.31 Å². The first kappa shape index (κ1) is 28.2. The van der Waals surface area contributed by atoms with Crippen LogP contribution in [0.1, 0.15) is 19.8 Å². The molecule has 0 bridgehead atoms. The van der Waals surface area contributed by atoms with Crippen LogP contribution >= 0.6 is 21.2 Å². The highest BCUT2D eigenvalue weighted by molar-refractivity contribution is 14.2. The molecule has 0 saturated heterocycles. The summed E-state index contributed by atoms with van der Waals surface area (Å²) in [5.41, 5.74) is 0. The van der Waals surface area contributed by atoms with Crippen molar-refractivity contribution in [1.82, 2.24) is 4.31 Å². The average molecular weight is 533 g/mol. The van der Waals surface area contributed by atoms with E-state index in [0.29, 0.717) is 0 Å². The Kier molecular flexibility index (Phi) is 12.1. The summed E-state index contributed by atoms with van der Waals surface area (Å²) in [6.07, 6.45) is 5.20. The zero-order valence-electron chi connectivity index (χ0n) is 16.1. The molecular formula is C15H29BF4INO2S2. The number of nitrogens with zero attached hydrogens (tertiary/aromatic N) is 1. The Balaban J connectivity index is 0. The molecule has 1 aromatic carbocycles. The van der Waals surface area contributed by atoms with Gasteiger partial charge in [-0.25, -0.2) is 0 Å². The van der Waals surface area contributed by atoms with Crippen molar-refractivity contribution in [1.29, 1.82) is 0 Å². The van der Waals surface area contributed by atoms with Gasteiger partial charge in [-0.2, -0.15) is 0 Å². The highest BCUT2D eigenvalue weighted by Gasteiger charge is 2.33. The van der Waals surface area contributed by atoms with Gasteiger partial charge in [0.2, 0.25) is 0 Å². The van der Waals surface area contributed by atoms with Crippen LogP contribution in [0.15, 0.2) is 35.2 Å². The van der Waals surface area contributed by atoms with E-state index < -0.39 is 23.6 Å². The maximum absolute atomic E-state index is 12.8. The first-order valence-electron chi connectivity index (χ1n) is 7.77. The van der Waals surface area contributed by atoms with Gasteiger partial charge >= 0.3 is 7.25 Å². The fraction of sp³-hybridized carbons (Fsp3) is 0.600. The van der Waals surface area contributed by atoms with Crippen molar-refractivity contribution in [2.24, 2.45) is 0 Å². The smallest absolute Gasteiger partial charge is 0.418 e. The highest BCUT2D eigenvalue weighted by Crippen LogP contribution is 2.23. The molecule has 0 N–H and O–H groups in total. The third-order valence-corrected chi connectivity index (χ3v) is 5.51. The van der Waals surface area contributed by atoms with Crippen molar-refractivity contribution < 1.29 is 25.7 Å². The van der Waals surface area contributed by atoms with Gasteiger partial charge in [0.05, 0.1) is 0 Å². The summed E-state index contributed by atoms with van der Waals surface area (Å²) in [6, 6.07) is 9.77. The molecule has 11 heteroatoms. The number of unbranched alkanes of at least 4 members (excludes halogenated alkanes) is 1. The molecule has 0 spiro atoms. The van der Waals surface area contributed by atoms with Crippen molar-refractivity contribution in [2.45, 2.75) is 24.7 Å². The van der Waals surface area contributed by atoms with E-state index in [1.807, 2.05) is 69.9 Å². The molecule has 1 rings (SSSR count). The van der Waals surface area contributed by atoms with E-state index in [1.54, 1.807) is 18.8 Å². The van der Waals surface area contributed by atoms with E-state index in [-0.39, 0.29) is 0 Å². The standard InChI is InChI=1S/C12H20NOS.C3H9IOS.BF4/c1-4-5-11-15(14,13(2)3)12-9-7-6-8-10-12;1-6(2,3,4)5;2-1(3,4)5/h6-10H,4-5,11H2,1-3H3;1-3H3;/q+1;;-1. The second-order valence-corrected chi connectivity index (χ2v) is 23.0. The van der Waals surface area contributed by atoms with E-state index in [0.717, 1.165) is 23.5 Å². The first-order chi connectivity index (χ1) is 11.3. The first-order valence-corrected chi connectivity index (χ1v) is 15.2. The average Bonchev–Trinajstić information content (AvgIpc) is 2.41. The van der Waals surface area contributed by atoms with Crippen LogP contribution in [0.2, 0.25) is 0 Å². The SMILES string of the molecule is CCCC[S+](=O)(c1ccccc1)N(C)C.CS(C)(C)(=O)I.F[B-](F)(F)F. The van der Waals surface area contributed by atoms with Crippen molar-refractivity contribution in [3.8, 4) is 0 Å². The number of hydrogen-bond donors (Lipinski definition) is 0. The van der Waals surface area contributed by atoms with Gasteiger partial charge in [-0.05, 0) is 37.3 Å². The third kappa shape index (κ3) is 20.3. The van der Waals surface area contributed by atoms with Crippen LogP contribution in [0, 0.1) is 0 Å². The summed E-state index contributed by atoms with van der Waals surface area (Å²) in [4.78, 5) is 0.948. The molecular weight excluding hydrogens is 504 g/mol. The van der Waals surface area contributed by atoms with E-state index in [1.165, 1.54) is 0 Å². The fourth-order valence-corrected chi connectivity index (χ4v) is 3.77. The maximum Gasteiger partial charge on any atom is 0.673 e. The lowest BCUT2D eigenvalue weighted by atomic mass is 10.3. The third-order valence-electron chi connectivity index (χ3n) is 2.48. The number of rotatable bonds is 5. The Bertz CT molecular complexity index is 607. The lowest BCUT2D eigenvalue weighted by Crippen LogP contribution is -2.32. The molecule has 0 aromatic heterocycles. The molecule has 1 aromatic rings. The lowest BCUT2D eigenvalue weighted by molar-refractivity contribution is 0.368. The molecule has 0 saturated carbocycles. The Morgan fingerprint density at radius 1 is 1.08 bits per heavy atom. The van der Waals surface area contributed by atoms with Crippen molar-refractivity contribution in [3.05, 3.63) is 30.3 Å². The van der Waals surface area contributed by atoms with Crippen molar-refractivity contribution in [3.63, 3.8) is 0 Å². The minimum atomic E-state index is -6.00. The molecule has 156 valence electrons. The van der Waals surface area contributed by atoms with Gasteiger partial charge in [0.15, 0.2) is 15.0 Å². The Morgan fingerprint density at radius 2 is 1.42 bits per heavy atom. The molecule has 0 aliphatic carbocycles. The summed E-state index contributed by atoms with van der Waals surface area (Å²) in [5.74, 6) is 0.751. The number of hydrogen-bond acceptors (Lipinski definition) is 2. The normalized spacial score (nSPS) is 15.5. The topological polar surface area (TPSA) is 37.4 Å². The monoisotopic (exact) mass is 533 g/mol. The summed E-state index contributed by atoms with van der Waals surface area (Å²) < 4.78 is 64.4. The fourth-order valence-electron chi connectivity index (χ4n) is 1.48. The van der Waals surface area contributed by atoms with Crippen molar-refractivity contribution in [2.75, 3.05) is 38.6 Å². The summed E-state index contributed by atoms with van der Waals surface area (Å²) in [6.45, 7) is 2.13. The van der Waals surface area contributed by atoms with Crippen LogP contribution in [-0.2, 0) is 20.6 Å². The molecule has 1 atom stereocenters. The van der Waals surface area contributed by atoms with Crippen LogP contribution in [0.4, 0.5) is 17.3 Å². The minimum absolute atomic E-state index is 0.751. The van der Waals surface area contributed by atoms with Crippen LogP contribution in [0.5, 0.6) is 0 Å². The van der Waals surface area contributed by atoms with Crippen LogP contribution < -0.4 is 0 Å². The quantitative estimate of drug-likeness (QED) is 0.172. The number of halogens is 5. The summed E-state index contributed by atoms with van der Waals surface area (Å²) in [7, 11) is -4.23. The van der Waals surface area contributed by atoms with E-state index in [9.17, 15) is 25.7 Å². The molecule has 0 radical (unpaired) electrons. The van der Waals surface area contributed by atoms with E-state index in [4.69, 9.17) is 0 Å². The molecule has 0 fully saturated rings. The zero-order valence-corrected chi connectivity index (χ0v) is 19.8. The van der Waals surface area contributed by atoms with Gasteiger partial charge < -0.3 is 17.3 Å². The molecule has 0 heterocycles.